The molecule has 1 fully saturated rings. The van der Waals surface area contributed by atoms with Crippen molar-refractivity contribution in [3.63, 3.8) is 0 Å². The summed E-state index contributed by atoms with van der Waals surface area (Å²) in [5.74, 6) is 1.26. The summed E-state index contributed by atoms with van der Waals surface area (Å²) in [6.07, 6.45) is 4.01. The van der Waals surface area contributed by atoms with Crippen LogP contribution in [0.4, 0.5) is 0 Å². The summed E-state index contributed by atoms with van der Waals surface area (Å²) in [4.78, 5) is 4.05. The molecule has 0 unspecified atom stereocenters. The Morgan fingerprint density at radius 2 is 2.38 bits per heavy atom. The van der Waals surface area contributed by atoms with E-state index >= 15 is 0 Å². The molecule has 1 N–H and O–H groups in total. The van der Waals surface area contributed by atoms with Gasteiger partial charge in [0.15, 0.2) is 0 Å². The normalized spacial score (nSPS) is 26.6. The predicted molar refractivity (Wildman–Crippen MR) is 61.8 cm³/mol. The lowest BCUT2D eigenvalue weighted by molar-refractivity contribution is 0.564. The fourth-order valence-corrected chi connectivity index (χ4v) is 2.59. The zero-order chi connectivity index (χ0) is 11.1. The van der Waals surface area contributed by atoms with Crippen molar-refractivity contribution in [2.45, 2.75) is 0 Å². The molecule has 0 amide bonds. The second-order valence-corrected chi connectivity index (χ2v) is 4.58. The van der Waals surface area contributed by atoms with Gasteiger partial charge in [0.25, 0.3) is 0 Å². The molecule has 1 aromatic heterocycles. The number of nitrogens with one attached hydrogen (secondary N) is 1. The zero-order valence-corrected chi connectivity index (χ0v) is 9.33. The first-order valence-electron chi connectivity index (χ1n) is 5.28. The first-order chi connectivity index (χ1) is 7.79. The van der Waals surface area contributed by atoms with Gasteiger partial charge < -0.3 is 5.32 Å². The Bertz CT molecular complexity index is 515. The van der Waals surface area contributed by atoms with Crippen molar-refractivity contribution in [3.8, 4) is 6.07 Å². The Morgan fingerprint density at radius 1 is 1.50 bits per heavy atom. The van der Waals surface area contributed by atoms with Gasteiger partial charge in [-0.1, -0.05) is 17.7 Å². The Hall–Kier alpha value is -1.37. The molecule has 0 bridgehead atoms. The highest BCUT2D eigenvalue weighted by molar-refractivity contribution is 6.30. The van der Waals surface area contributed by atoms with Crippen molar-refractivity contribution in [2.24, 2.45) is 11.8 Å². The largest absolute Gasteiger partial charge is 0.315 e. The third-order valence-electron chi connectivity index (χ3n) is 3.35. The number of aromatic nitrogens is 1. The lowest BCUT2D eigenvalue weighted by Crippen LogP contribution is -2.22. The van der Waals surface area contributed by atoms with Gasteiger partial charge in [0.2, 0.25) is 0 Å². The molecule has 16 heavy (non-hydrogen) atoms. The maximum Gasteiger partial charge on any atom is 0.146 e. The Kier molecular flexibility index (Phi) is 2.20. The second-order valence-electron chi connectivity index (χ2n) is 4.22. The van der Waals surface area contributed by atoms with Crippen LogP contribution in [0.2, 0.25) is 5.15 Å². The minimum Gasteiger partial charge on any atom is -0.315 e. The number of halogens is 1. The van der Waals surface area contributed by atoms with E-state index in [0.717, 1.165) is 18.7 Å². The molecule has 1 aromatic rings. The Labute approximate surface area is 98.8 Å². The first kappa shape index (κ1) is 9.83. The number of hydrogen-bond acceptors (Lipinski definition) is 3. The molecule has 2 atom stereocenters. The van der Waals surface area contributed by atoms with Gasteiger partial charge >= 0.3 is 0 Å². The van der Waals surface area contributed by atoms with Crippen molar-refractivity contribution in [1.29, 1.82) is 5.26 Å². The summed E-state index contributed by atoms with van der Waals surface area (Å²) in [7, 11) is 0. The first-order valence-corrected chi connectivity index (χ1v) is 5.66. The monoisotopic (exact) mass is 231 g/mol. The second kappa shape index (κ2) is 3.58. The van der Waals surface area contributed by atoms with E-state index < -0.39 is 0 Å². The summed E-state index contributed by atoms with van der Waals surface area (Å²) in [5.41, 5.74) is 2.79. The molecule has 1 saturated heterocycles. The van der Waals surface area contributed by atoms with Crippen LogP contribution in [0, 0.1) is 23.2 Å². The van der Waals surface area contributed by atoms with E-state index in [-0.39, 0.29) is 5.15 Å². The van der Waals surface area contributed by atoms with Crippen LogP contribution >= 0.6 is 11.6 Å². The molecule has 2 aliphatic rings. The maximum atomic E-state index is 8.90. The van der Waals surface area contributed by atoms with Gasteiger partial charge in [-0.2, -0.15) is 5.26 Å². The number of nitrogens with zero attached hydrogens (tertiary/aromatic N) is 2. The number of rotatable bonds is 1. The van der Waals surface area contributed by atoms with Gasteiger partial charge in [-0.3, -0.25) is 0 Å². The molecule has 0 aromatic carbocycles. The highest BCUT2D eigenvalue weighted by Crippen LogP contribution is 2.42. The van der Waals surface area contributed by atoms with Gasteiger partial charge in [-0.25, -0.2) is 4.98 Å². The van der Waals surface area contributed by atoms with Crippen LogP contribution in [-0.2, 0) is 0 Å². The van der Waals surface area contributed by atoms with E-state index in [2.05, 4.69) is 22.4 Å². The van der Waals surface area contributed by atoms with Crippen molar-refractivity contribution >= 4 is 17.2 Å². The Morgan fingerprint density at radius 3 is 3.12 bits per heavy atom. The summed E-state index contributed by atoms with van der Waals surface area (Å²) < 4.78 is 0. The third kappa shape index (κ3) is 1.35. The maximum absolute atomic E-state index is 8.90. The van der Waals surface area contributed by atoms with Gasteiger partial charge in [0, 0.05) is 25.2 Å². The van der Waals surface area contributed by atoms with Crippen LogP contribution in [0.1, 0.15) is 11.1 Å². The fraction of sp³-hybridized carbons (Fsp3) is 0.333. The van der Waals surface area contributed by atoms with Crippen LogP contribution in [0.5, 0.6) is 0 Å². The van der Waals surface area contributed by atoms with E-state index in [1.54, 1.807) is 6.20 Å². The smallest absolute Gasteiger partial charge is 0.146 e. The predicted octanol–water partition coefficient (Wildman–Crippen LogP) is 1.84. The highest BCUT2D eigenvalue weighted by Gasteiger charge is 2.36. The van der Waals surface area contributed by atoms with Crippen LogP contribution in [0.25, 0.3) is 5.57 Å². The van der Waals surface area contributed by atoms with Gasteiger partial charge in [0.1, 0.15) is 11.2 Å². The quantitative estimate of drug-likeness (QED) is 0.751. The van der Waals surface area contributed by atoms with Crippen molar-refractivity contribution in [1.82, 2.24) is 10.3 Å². The Balaban J connectivity index is 1.97. The van der Waals surface area contributed by atoms with E-state index in [1.165, 1.54) is 5.57 Å². The van der Waals surface area contributed by atoms with Crippen LogP contribution in [0.3, 0.4) is 0 Å². The fourth-order valence-electron chi connectivity index (χ4n) is 2.45. The molecular weight excluding hydrogens is 222 g/mol. The van der Waals surface area contributed by atoms with E-state index in [1.807, 2.05) is 6.07 Å². The van der Waals surface area contributed by atoms with Crippen molar-refractivity contribution < 1.29 is 0 Å². The average molecular weight is 232 g/mol. The summed E-state index contributed by atoms with van der Waals surface area (Å²) in [6.45, 7) is 2.10. The SMILES string of the molecule is N#Cc1cc(C2=C[C@H]3CNC[C@@H]23)cnc1Cl. The molecule has 4 heteroatoms. The van der Waals surface area contributed by atoms with Gasteiger partial charge in [-0.15, -0.1) is 0 Å². The molecule has 1 aliphatic carbocycles. The number of fused-ring (bicyclic) bond motifs is 1. The zero-order valence-electron chi connectivity index (χ0n) is 8.57. The highest BCUT2D eigenvalue weighted by atomic mass is 35.5. The molecule has 0 radical (unpaired) electrons. The minimum atomic E-state index is 0.285. The minimum absolute atomic E-state index is 0.285. The lowest BCUT2D eigenvalue weighted by atomic mass is 9.74. The number of pyridine rings is 1. The van der Waals surface area contributed by atoms with E-state index in [9.17, 15) is 0 Å². The van der Waals surface area contributed by atoms with Crippen molar-refractivity contribution in [2.75, 3.05) is 13.1 Å². The van der Waals surface area contributed by atoms with Crippen LogP contribution in [-0.4, -0.2) is 18.1 Å². The van der Waals surface area contributed by atoms with Gasteiger partial charge in [-0.05, 0) is 23.1 Å². The molecule has 2 heterocycles. The molecule has 3 nitrogen and oxygen atoms in total. The summed E-state index contributed by atoms with van der Waals surface area (Å²) >= 11 is 5.81. The molecule has 0 saturated carbocycles. The lowest BCUT2D eigenvalue weighted by Gasteiger charge is -2.29. The van der Waals surface area contributed by atoms with Crippen LogP contribution < -0.4 is 5.32 Å². The summed E-state index contributed by atoms with van der Waals surface area (Å²) in [6, 6.07) is 3.89. The number of nitriles is 1. The molecule has 0 spiro atoms. The van der Waals surface area contributed by atoms with E-state index in [0.29, 0.717) is 17.4 Å². The van der Waals surface area contributed by atoms with E-state index in [4.69, 9.17) is 16.9 Å². The molecule has 3 rings (SSSR count). The number of hydrogen-bond donors (Lipinski definition) is 1. The van der Waals surface area contributed by atoms with Crippen LogP contribution in [0.15, 0.2) is 18.3 Å². The molecule has 1 aliphatic heterocycles. The average Bonchev–Trinajstić information content (AvgIpc) is 2.63. The van der Waals surface area contributed by atoms with Gasteiger partial charge in [0.05, 0.1) is 5.56 Å². The standard InChI is InChI=1S/C12H10ClN3/c13-12-7(3-14)1-8(5-16-12)10-2-9-4-15-6-11(9)10/h1-2,5,9,11,15H,4,6H2/t9-,11+/m0/s1. The topological polar surface area (TPSA) is 48.7 Å². The van der Waals surface area contributed by atoms with Crippen molar-refractivity contribution in [3.05, 3.63) is 34.6 Å². The molecular formula is C12H10ClN3. The molecule has 80 valence electrons. The summed E-state index contributed by atoms with van der Waals surface area (Å²) in [5, 5.41) is 12.5. The third-order valence-corrected chi connectivity index (χ3v) is 3.65.